The largest absolute Gasteiger partial charge is 0.511 e. The monoisotopic (exact) mass is 234 g/mol. The summed E-state index contributed by atoms with van der Waals surface area (Å²) >= 11 is 0. The fourth-order valence-electron chi connectivity index (χ4n) is 0.754. The molecule has 0 saturated heterocycles. The summed E-state index contributed by atoms with van der Waals surface area (Å²) in [5.41, 5.74) is -5.23. The SMILES string of the molecule is CNCC(C)CNS(=O)(=O)C(F)(F)F. The summed E-state index contributed by atoms with van der Waals surface area (Å²) in [6, 6.07) is 0. The minimum atomic E-state index is -5.23. The van der Waals surface area contributed by atoms with Crippen LogP contribution in [0, 0.1) is 5.92 Å². The molecule has 8 heteroatoms. The van der Waals surface area contributed by atoms with Gasteiger partial charge in [0.25, 0.3) is 0 Å². The van der Waals surface area contributed by atoms with E-state index in [-0.39, 0.29) is 12.5 Å². The summed E-state index contributed by atoms with van der Waals surface area (Å²) in [4.78, 5) is 0. The summed E-state index contributed by atoms with van der Waals surface area (Å²) in [6.45, 7) is 1.85. The van der Waals surface area contributed by atoms with E-state index < -0.39 is 15.5 Å². The number of hydrogen-bond acceptors (Lipinski definition) is 3. The average Bonchev–Trinajstić information content (AvgIpc) is 1.99. The van der Waals surface area contributed by atoms with Gasteiger partial charge in [0, 0.05) is 6.54 Å². The fraction of sp³-hybridized carbons (Fsp3) is 1.00. The third-order valence-electron chi connectivity index (χ3n) is 1.48. The Morgan fingerprint density at radius 2 is 1.79 bits per heavy atom. The van der Waals surface area contributed by atoms with Crippen molar-refractivity contribution in [3.05, 3.63) is 0 Å². The molecule has 0 amide bonds. The lowest BCUT2D eigenvalue weighted by atomic mass is 10.2. The molecular formula is C6H13F3N2O2S. The number of rotatable bonds is 5. The first-order chi connectivity index (χ1) is 6.20. The van der Waals surface area contributed by atoms with Crippen molar-refractivity contribution in [1.29, 1.82) is 0 Å². The predicted octanol–water partition coefficient (Wildman–Crippen LogP) is 0.281. The summed E-state index contributed by atoms with van der Waals surface area (Å²) in [5.74, 6) is -0.197. The molecule has 0 rings (SSSR count). The molecule has 4 nitrogen and oxygen atoms in total. The highest BCUT2D eigenvalue weighted by Gasteiger charge is 2.45. The Hall–Kier alpha value is -0.340. The van der Waals surface area contributed by atoms with Gasteiger partial charge in [-0.15, -0.1) is 0 Å². The van der Waals surface area contributed by atoms with Crippen molar-refractivity contribution in [3.63, 3.8) is 0 Å². The van der Waals surface area contributed by atoms with E-state index in [1.807, 2.05) is 0 Å². The summed E-state index contributed by atoms with van der Waals surface area (Å²) in [7, 11) is -3.56. The Labute approximate surface area is 80.9 Å². The van der Waals surface area contributed by atoms with Gasteiger partial charge in [0.05, 0.1) is 0 Å². The third kappa shape index (κ3) is 4.25. The van der Waals surface area contributed by atoms with Gasteiger partial charge in [0.2, 0.25) is 0 Å². The van der Waals surface area contributed by atoms with Crippen LogP contribution >= 0.6 is 0 Å². The maximum absolute atomic E-state index is 11.8. The molecule has 2 N–H and O–H groups in total. The summed E-state index contributed by atoms with van der Waals surface area (Å²) < 4.78 is 57.9. The number of halogens is 3. The van der Waals surface area contributed by atoms with Crippen molar-refractivity contribution in [2.45, 2.75) is 12.4 Å². The highest BCUT2D eigenvalue weighted by Crippen LogP contribution is 2.21. The minimum Gasteiger partial charge on any atom is -0.319 e. The van der Waals surface area contributed by atoms with Gasteiger partial charge < -0.3 is 5.32 Å². The van der Waals surface area contributed by atoms with Crippen LogP contribution in [0.25, 0.3) is 0 Å². The van der Waals surface area contributed by atoms with Crippen molar-refractivity contribution in [2.24, 2.45) is 5.92 Å². The molecule has 0 saturated carbocycles. The lowest BCUT2D eigenvalue weighted by Gasteiger charge is -2.13. The zero-order valence-corrected chi connectivity index (χ0v) is 8.67. The molecule has 0 heterocycles. The first kappa shape index (κ1) is 13.7. The topological polar surface area (TPSA) is 58.2 Å². The van der Waals surface area contributed by atoms with E-state index in [4.69, 9.17) is 0 Å². The van der Waals surface area contributed by atoms with Gasteiger partial charge in [-0.05, 0) is 19.5 Å². The number of hydrogen-bond donors (Lipinski definition) is 2. The van der Waals surface area contributed by atoms with E-state index in [1.54, 1.807) is 14.0 Å². The quantitative estimate of drug-likeness (QED) is 0.718. The average molecular weight is 234 g/mol. The van der Waals surface area contributed by atoms with E-state index in [2.05, 4.69) is 5.32 Å². The molecule has 0 aliphatic rings. The van der Waals surface area contributed by atoms with Crippen molar-refractivity contribution in [2.75, 3.05) is 20.1 Å². The second kappa shape index (κ2) is 4.94. The van der Waals surface area contributed by atoms with E-state index in [0.717, 1.165) is 0 Å². The van der Waals surface area contributed by atoms with Crippen molar-refractivity contribution in [1.82, 2.24) is 10.0 Å². The molecule has 0 aliphatic heterocycles. The van der Waals surface area contributed by atoms with Crippen LogP contribution in [-0.2, 0) is 10.0 Å². The third-order valence-corrected chi connectivity index (χ3v) is 2.64. The molecule has 0 aromatic rings. The lowest BCUT2D eigenvalue weighted by molar-refractivity contribution is -0.0448. The maximum atomic E-state index is 11.8. The van der Waals surface area contributed by atoms with Crippen molar-refractivity contribution >= 4 is 10.0 Å². The van der Waals surface area contributed by atoms with Gasteiger partial charge in [-0.25, -0.2) is 13.1 Å². The molecule has 0 spiro atoms. The Morgan fingerprint density at radius 1 is 1.29 bits per heavy atom. The van der Waals surface area contributed by atoms with Crippen LogP contribution < -0.4 is 10.0 Å². The van der Waals surface area contributed by atoms with Crippen molar-refractivity contribution < 1.29 is 21.6 Å². The molecule has 0 radical (unpaired) electrons. The molecule has 1 atom stereocenters. The Morgan fingerprint density at radius 3 is 2.14 bits per heavy atom. The minimum absolute atomic E-state index is 0.197. The van der Waals surface area contributed by atoms with Crippen LogP contribution in [0.15, 0.2) is 0 Å². The Balaban J connectivity index is 4.14. The van der Waals surface area contributed by atoms with Crippen LogP contribution in [-0.4, -0.2) is 34.1 Å². The van der Waals surface area contributed by atoms with Crippen LogP contribution in [0.4, 0.5) is 13.2 Å². The second-order valence-electron chi connectivity index (χ2n) is 2.96. The highest BCUT2D eigenvalue weighted by atomic mass is 32.2. The van der Waals surface area contributed by atoms with Crippen LogP contribution in [0.5, 0.6) is 0 Å². The van der Waals surface area contributed by atoms with Crippen LogP contribution in [0.1, 0.15) is 6.92 Å². The van der Waals surface area contributed by atoms with Gasteiger partial charge in [0.15, 0.2) is 0 Å². The summed E-state index contributed by atoms with van der Waals surface area (Å²) in [5, 5.41) is 2.73. The predicted molar refractivity (Wildman–Crippen MR) is 46.1 cm³/mol. The number of nitrogens with one attached hydrogen (secondary N) is 2. The molecule has 0 bridgehead atoms. The zero-order valence-electron chi connectivity index (χ0n) is 7.85. The number of alkyl halides is 3. The first-order valence-corrected chi connectivity index (χ1v) is 5.39. The lowest BCUT2D eigenvalue weighted by Crippen LogP contribution is -2.40. The standard InChI is InChI=1S/C6H13F3N2O2S/c1-5(3-10-2)4-11-14(12,13)6(7,8)9/h5,10-11H,3-4H2,1-2H3. The Kier molecular flexibility index (Phi) is 4.82. The van der Waals surface area contributed by atoms with Gasteiger partial charge in [-0.1, -0.05) is 6.92 Å². The maximum Gasteiger partial charge on any atom is 0.511 e. The van der Waals surface area contributed by atoms with Crippen LogP contribution in [0.3, 0.4) is 0 Å². The fourth-order valence-corrected chi connectivity index (χ4v) is 1.42. The molecular weight excluding hydrogens is 221 g/mol. The smallest absolute Gasteiger partial charge is 0.319 e. The molecule has 86 valence electrons. The van der Waals surface area contributed by atoms with Gasteiger partial charge in [-0.2, -0.15) is 13.2 Å². The second-order valence-corrected chi connectivity index (χ2v) is 4.72. The normalized spacial score (nSPS) is 15.5. The van der Waals surface area contributed by atoms with E-state index >= 15 is 0 Å². The molecule has 0 aromatic heterocycles. The molecule has 0 aromatic carbocycles. The number of sulfonamides is 1. The van der Waals surface area contributed by atoms with Crippen molar-refractivity contribution in [3.8, 4) is 0 Å². The Bertz CT molecular complexity index is 263. The molecule has 1 unspecified atom stereocenters. The van der Waals surface area contributed by atoms with Gasteiger partial charge in [-0.3, -0.25) is 0 Å². The summed E-state index contributed by atoms with van der Waals surface area (Å²) in [6.07, 6.45) is 0. The highest BCUT2D eigenvalue weighted by molar-refractivity contribution is 7.90. The molecule has 0 fully saturated rings. The molecule has 0 aliphatic carbocycles. The van der Waals surface area contributed by atoms with Gasteiger partial charge in [0.1, 0.15) is 0 Å². The van der Waals surface area contributed by atoms with E-state index in [0.29, 0.717) is 6.54 Å². The zero-order chi connectivity index (χ0) is 11.4. The van der Waals surface area contributed by atoms with Crippen LogP contribution in [0.2, 0.25) is 0 Å². The first-order valence-electron chi connectivity index (χ1n) is 3.91. The molecule has 14 heavy (non-hydrogen) atoms. The van der Waals surface area contributed by atoms with E-state index in [1.165, 1.54) is 4.72 Å². The van der Waals surface area contributed by atoms with E-state index in [9.17, 15) is 21.6 Å². The van der Waals surface area contributed by atoms with Gasteiger partial charge >= 0.3 is 15.5 Å².